The minimum Gasteiger partial charge on any atom is -0.493 e. The summed E-state index contributed by atoms with van der Waals surface area (Å²) in [6, 6.07) is 17.2. The lowest BCUT2D eigenvalue weighted by Crippen LogP contribution is -2.31. The van der Waals surface area contributed by atoms with Crippen molar-refractivity contribution in [1.29, 1.82) is 0 Å². The first-order valence-corrected chi connectivity index (χ1v) is 13.8. The molecule has 2 aromatic heterocycles. The maximum absolute atomic E-state index is 12.7. The van der Waals surface area contributed by atoms with Crippen LogP contribution in [0.3, 0.4) is 0 Å². The van der Waals surface area contributed by atoms with Crippen LogP contribution >= 0.6 is 23.4 Å². The van der Waals surface area contributed by atoms with Gasteiger partial charge in [0.2, 0.25) is 0 Å². The van der Waals surface area contributed by atoms with E-state index >= 15 is 0 Å². The first kappa shape index (κ1) is 26.8. The maximum Gasteiger partial charge on any atom is 0.251 e. The van der Waals surface area contributed by atoms with Crippen LogP contribution in [0.4, 0.5) is 5.82 Å². The second-order valence-electron chi connectivity index (χ2n) is 9.01. The van der Waals surface area contributed by atoms with Gasteiger partial charge in [-0.25, -0.2) is 9.97 Å². The molecule has 0 bridgehead atoms. The van der Waals surface area contributed by atoms with Crippen molar-refractivity contribution in [3.8, 4) is 11.5 Å². The first-order valence-electron chi connectivity index (χ1n) is 12.4. The van der Waals surface area contributed by atoms with Gasteiger partial charge >= 0.3 is 0 Å². The third-order valence-corrected chi connectivity index (χ3v) is 7.57. The minimum absolute atomic E-state index is 0.125. The number of nitrogens with zero attached hydrogens (tertiary/aromatic N) is 4. The summed E-state index contributed by atoms with van der Waals surface area (Å²) in [5.41, 5.74) is 5.00. The molecule has 2 aromatic carbocycles. The number of ether oxygens (including phenoxy) is 2. The molecule has 0 radical (unpaired) electrons. The summed E-state index contributed by atoms with van der Waals surface area (Å²) in [4.78, 5) is 28.1. The predicted molar refractivity (Wildman–Crippen MR) is 153 cm³/mol. The lowest BCUT2D eigenvalue weighted by Gasteiger charge is -2.30. The zero-order valence-corrected chi connectivity index (χ0v) is 23.3. The van der Waals surface area contributed by atoms with E-state index in [0.29, 0.717) is 40.5 Å². The van der Waals surface area contributed by atoms with Gasteiger partial charge in [0.25, 0.3) is 5.91 Å². The number of hydrogen-bond donors (Lipinski definition) is 1. The topological polar surface area (TPSA) is 89.5 Å². The van der Waals surface area contributed by atoms with Gasteiger partial charge in [0, 0.05) is 49.4 Å². The molecule has 0 aliphatic carbocycles. The Labute approximate surface area is 236 Å². The van der Waals surface area contributed by atoms with E-state index in [4.69, 9.17) is 26.1 Å². The van der Waals surface area contributed by atoms with Crippen molar-refractivity contribution in [2.24, 2.45) is 0 Å². The summed E-state index contributed by atoms with van der Waals surface area (Å²) in [7, 11) is 3.29. The number of carbonyl (C=O) groups excluding carboxylic acids is 1. The third-order valence-electron chi connectivity index (χ3n) is 6.46. The second-order valence-corrected chi connectivity index (χ2v) is 10.3. The Morgan fingerprint density at radius 1 is 1.00 bits per heavy atom. The summed E-state index contributed by atoms with van der Waals surface area (Å²) in [5.74, 6) is 2.71. The lowest BCUT2D eigenvalue weighted by atomic mass is 9.99. The molecule has 8 nitrogen and oxygen atoms in total. The number of methoxy groups -OCH3 is 2. The minimum atomic E-state index is -0.125. The average molecular weight is 562 g/mol. The number of aromatic nitrogens is 3. The van der Waals surface area contributed by atoms with Crippen molar-refractivity contribution < 1.29 is 14.3 Å². The molecule has 10 heteroatoms. The molecule has 1 aliphatic rings. The lowest BCUT2D eigenvalue weighted by molar-refractivity contribution is 0.0951. The number of fused-ring (bicyclic) bond motifs is 1. The zero-order chi connectivity index (χ0) is 27.2. The van der Waals surface area contributed by atoms with Crippen molar-refractivity contribution in [3.05, 3.63) is 100.0 Å². The van der Waals surface area contributed by atoms with E-state index in [2.05, 4.69) is 20.2 Å². The maximum atomic E-state index is 12.7. The van der Waals surface area contributed by atoms with Gasteiger partial charge < -0.3 is 19.7 Å². The van der Waals surface area contributed by atoms with E-state index in [1.807, 2.05) is 48.5 Å². The van der Waals surface area contributed by atoms with Crippen LogP contribution in [0.1, 0.15) is 32.6 Å². The molecule has 1 amide bonds. The molecule has 0 saturated carbocycles. The Bertz CT molecular complexity index is 1470. The molecular formula is C29H28ClN5O3S. The number of thioether (sulfide) groups is 1. The van der Waals surface area contributed by atoms with Gasteiger partial charge in [-0.2, -0.15) is 0 Å². The highest BCUT2D eigenvalue weighted by molar-refractivity contribution is 7.98. The highest BCUT2D eigenvalue weighted by atomic mass is 35.5. The van der Waals surface area contributed by atoms with Crippen LogP contribution in [0.15, 0.2) is 72.1 Å². The molecule has 0 atom stereocenters. The van der Waals surface area contributed by atoms with E-state index in [1.54, 1.807) is 32.7 Å². The van der Waals surface area contributed by atoms with Crippen LogP contribution in [0.5, 0.6) is 11.5 Å². The van der Waals surface area contributed by atoms with Crippen molar-refractivity contribution in [3.63, 3.8) is 0 Å². The number of halogens is 1. The van der Waals surface area contributed by atoms with Gasteiger partial charge in [0.05, 0.1) is 14.2 Å². The van der Waals surface area contributed by atoms with E-state index in [0.717, 1.165) is 35.7 Å². The van der Waals surface area contributed by atoms with Crippen LogP contribution in [-0.4, -0.2) is 41.6 Å². The Morgan fingerprint density at radius 2 is 1.77 bits per heavy atom. The van der Waals surface area contributed by atoms with Gasteiger partial charge in [-0.05, 0) is 65.1 Å². The molecule has 3 heterocycles. The van der Waals surface area contributed by atoms with Gasteiger partial charge in [-0.1, -0.05) is 35.5 Å². The zero-order valence-electron chi connectivity index (χ0n) is 21.7. The normalized spacial score (nSPS) is 12.5. The largest absolute Gasteiger partial charge is 0.493 e. The fourth-order valence-electron chi connectivity index (χ4n) is 4.43. The first-order chi connectivity index (χ1) is 19.0. The van der Waals surface area contributed by atoms with E-state index in [1.165, 1.54) is 22.9 Å². The number of nitrogens with one attached hydrogen (secondary N) is 1. The summed E-state index contributed by atoms with van der Waals surface area (Å²) >= 11 is 7.89. The van der Waals surface area contributed by atoms with Crippen LogP contribution in [0.2, 0.25) is 5.15 Å². The third kappa shape index (κ3) is 6.61. The summed E-state index contributed by atoms with van der Waals surface area (Å²) in [6.45, 7) is 1.93. The van der Waals surface area contributed by atoms with Gasteiger partial charge in [-0.15, -0.1) is 0 Å². The van der Waals surface area contributed by atoms with Crippen LogP contribution in [0, 0.1) is 0 Å². The fourth-order valence-corrected chi connectivity index (χ4v) is 5.45. The number of amides is 1. The fraction of sp³-hybridized carbons (Fsp3) is 0.241. The summed E-state index contributed by atoms with van der Waals surface area (Å²) in [5, 5.41) is 3.93. The molecular weight excluding hydrogens is 534 g/mol. The van der Waals surface area contributed by atoms with Crippen LogP contribution in [-0.2, 0) is 25.3 Å². The number of hydrogen-bond acceptors (Lipinski definition) is 8. The highest BCUT2D eigenvalue weighted by Gasteiger charge is 2.21. The molecule has 4 aromatic rings. The van der Waals surface area contributed by atoms with Crippen LogP contribution in [0.25, 0.3) is 0 Å². The molecule has 0 spiro atoms. The van der Waals surface area contributed by atoms with Gasteiger partial charge in [0.1, 0.15) is 11.0 Å². The van der Waals surface area contributed by atoms with E-state index in [-0.39, 0.29) is 5.91 Å². The second kappa shape index (κ2) is 12.4. The van der Waals surface area contributed by atoms with Gasteiger partial charge in [-0.3, -0.25) is 9.78 Å². The van der Waals surface area contributed by atoms with Crippen molar-refractivity contribution in [2.45, 2.75) is 30.4 Å². The Kier molecular flexibility index (Phi) is 8.48. The standard InChI is InChI=1S/C29H28ClN5O3S/c1-37-24-13-21-8-11-35(17-23(21)14-25(24)38-2)27-15-26(30)33-29(34-27)39-18-20-4-3-5-22(12-20)28(36)32-16-19-6-9-31-10-7-19/h3-7,9-10,12-15H,8,11,16-18H2,1-2H3,(H,32,36). The van der Waals surface area contributed by atoms with Crippen molar-refractivity contribution in [1.82, 2.24) is 20.3 Å². The molecule has 0 unspecified atom stereocenters. The number of anilines is 1. The van der Waals surface area contributed by atoms with Crippen LogP contribution < -0.4 is 19.7 Å². The summed E-state index contributed by atoms with van der Waals surface area (Å²) in [6.07, 6.45) is 4.28. The number of pyridine rings is 1. The molecule has 0 fully saturated rings. The molecule has 5 rings (SSSR count). The van der Waals surface area contributed by atoms with Crippen molar-refractivity contribution >= 4 is 35.1 Å². The molecule has 39 heavy (non-hydrogen) atoms. The van der Waals surface area contributed by atoms with Gasteiger partial charge in [0.15, 0.2) is 16.7 Å². The van der Waals surface area contributed by atoms with E-state index < -0.39 is 0 Å². The number of rotatable bonds is 9. The summed E-state index contributed by atoms with van der Waals surface area (Å²) < 4.78 is 10.9. The molecule has 0 saturated heterocycles. The SMILES string of the molecule is COc1cc2c(cc1OC)CN(c1cc(Cl)nc(SCc3cccc(C(=O)NCc4ccncc4)c3)n1)CC2. The Balaban J connectivity index is 1.24. The Morgan fingerprint density at radius 3 is 2.54 bits per heavy atom. The number of benzene rings is 2. The molecule has 1 N–H and O–H groups in total. The molecule has 200 valence electrons. The predicted octanol–water partition coefficient (Wildman–Crippen LogP) is 5.33. The number of carbonyl (C=O) groups is 1. The monoisotopic (exact) mass is 561 g/mol. The quantitative estimate of drug-likeness (QED) is 0.167. The van der Waals surface area contributed by atoms with Crippen molar-refractivity contribution in [2.75, 3.05) is 25.7 Å². The molecule has 1 aliphatic heterocycles. The smallest absolute Gasteiger partial charge is 0.251 e. The van der Waals surface area contributed by atoms with E-state index in [9.17, 15) is 4.79 Å². The average Bonchev–Trinajstić information content (AvgIpc) is 2.98. The highest BCUT2D eigenvalue weighted by Crippen LogP contribution is 2.35. The Hall–Kier alpha value is -3.82.